The maximum Gasteiger partial charge on any atom is 0.254 e. The normalized spacial score (nSPS) is 15.3. The fourth-order valence-electron chi connectivity index (χ4n) is 4.88. The number of ether oxygens (including phenoxy) is 1. The van der Waals surface area contributed by atoms with E-state index in [0.29, 0.717) is 18.7 Å². The molecule has 4 rings (SSSR count). The second-order valence-corrected chi connectivity index (χ2v) is 11.7. The summed E-state index contributed by atoms with van der Waals surface area (Å²) in [6.07, 6.45) is 2.65. The first-order chi connectivity index (χ1) is 17.7. The molecular weight excluding hydrogens is 480 g/mol. The van der Waals surface area contributed by atoms with Crippen molar-refractivity contribution < 1.29 is 14.3 Å². The number of hydrogen-bond acceptors (Lipinski definition) is 4. The van der Waals surface area contributed by atoms with Crippen LogP contribution in [0.5, 0.6) is 5.75 Å². The highest BCUT2D eigenvalue weighted by Crippen LogP contribution is 2.38. The van der Waals surface area contributed by atoms with Gasteiger partial charge in [0.05, 0.1) is 13.2 Å². The molecular formula is C31H38N2O3S. The number of carbonyl (C=O) groups is 2. The first kappa shape index (κ1) is 26.9. The van der Waals surface area contributed by atoms with Crippen LogP contribution in [0, 0.1) is 0 Å². The van der Waals surface area contributed by atoms with Crippen LogP contribution < -0.4 is 4.74 Å². The number of amides is 2. The molecule has 2 amide bonds. The summed E-state index contributed by atoms with van der Waals surface area (Å²) in [5.74, 6) is 0.682. The van der Waals surface area contributed by atoms with Gasteiger partial charge in [-0.25, -0.2) is 0 Å². The summed E-state index contributed by atoms with van der Waals surface area (Å²) in [6, 6.07) is 17.8. The smallest absolute Gasteiger partial charge is 0.254 e. The third-order valence-electron chi connectivity index (χ3n) is 7.11. The molecule has 196 valence electrons. The first-order valence-electron chi connectivity index (χ1n) is 13.1. The van der Waals surface area contributed by atoms with Crippen LogP contribution in [-0.4, -0.2) is 48.4 Å². The number of nitrogens with zero attached hydrogens (tertiary/aromatic N) is 2. The summed E-state index contributed by atoms with van der Waals surface area (Å²) in [5.41, 5.74) is 4.06. The highest BCUT2D eigenvalue weighted by Gasteiger charge is 2.34. The van der Waals surface area contributed by atoms with Crippen molar-refractivity contribution in [2.45, 2.75) is 58.4 Å². The van der Waals surface area contributed by atoms with Crippen molar-refractivity contribution in [3.63, 3.8) is 0 Å². The Hall–Kier alpha value is -3.12. The van der Waals surface area contributed by atoms with Crippen LogP contribution in [-0.2, 0) is 16.6 Å². The van der Waals surface area contributed by atoms with Gasteiger partial charge in [-0.05, 0) is 70.7 Å². The van der Waals surface area contributed by atoms with Crippen molar-refractivity contribution in [3.8, 4) is 5.75 Å². The number of fused-ring (bicyclic) bond motifs is 1. The Bertz CT molecular complexity index is 1210. The van der Waals surface area contributed by atoms with Gasteiger partial charge in [0.2, 0.25) is 5.91 Å². The molecule has 37 heavy (non-hydrogen) atoms. The van der Waals surface area contributed by atoms with Gasteiger partial charge in [-0.1, -0.05) is 58.4 Å². The maximum absolute atomic E-state index is 13.8. The lowest BCUT2D eigenvalue weighted by Gasteiger charge is -2.37. The number of methoxy groups -OCH3 is 1. The summed E-state index contributed by atoms with van der Waals surface area (Å²) < 4.78 is 5.35. The van der Waals surface area contributed by atoms with E-state index < -0.39 is 0 Å². The highest BCUT2D eigenvalue weighted by atomic mass is 32.1. The maximum atomic E-state index is 13.8. The Kier molecular flexibility index (Phi) is 8.38. The van der Waals surface area contributed by atoms with Crippen molar-refractivity contribution in [3.05, 3.63) is 87.1 Å². The molecule has 5 nitrogen and oxygen atoms in total. The molecule has 1 aliphatic rings. The van der Waals surface area contributed by atoms with Crippen LogP contribution >= 0.6 is 11.3 Å². The molecule has 0 N–H and O–H groups in total. The third kappa shape index (κ3) is 6.07. The van der Waals surface area contributed by atoms with Crippen LogP contribution in [0.15, 0.2) is 60.0 Å². The monoisotopic (exact) mass is 518 g/mol. The lowest BCUT2D eigenvalue weighted by molar-refractivity contribution is -0.134. The molecule has 6 heteroatoms. The van der Waals surface area contributed by atoms with E-state index in [-0.39, 0.29) is 29.8 Å². The Morgan fingerprint density at radius 1 is 1.05 bits per heavy atom. The van der Waals surface area contributed by atoms with Gasteiger partial charge < -0.3 is 14.5 Å². The van der Waals surface area contributed by atoms with E-state index >= 15 is 0 Å². The van der Waals surface area contributed by atoms with Gasteiger partial charge in [0.15, 0.2) is 0 Å². The number of thiophene rings is 1. The van der Waals surface area contributed by atoms with Crippen LogP contribution in [0.4, 0.5) is 0 Å². The highest BCUT2D eigenvalue weighted by molar-refractivity contribution is 7.10. The second kappa shape index (κ2) is 11.5. The average Bonchev–Trinajstić information content (AvgIpc) is 3.38. The fraction of sp³-hybridized carbons (Fsp3) is 0.419. The summed E-state index contributed by atoms with van der Waals surface area (Å²) in [6.45, 7) is 9.86. The largest absolute Gasteiger partial charge is 0.497 e. The van der Waals surface area contributed by atoms with Crippen molar-refractivity contribution >= 4 is 23.2 Å². The molecule has 0 saturated heterocycles. The van der Waals surface area contributed by atoms with Crippen molar-refractivity contribution in [1.82, 2.24) is 9.80 Å². The molecule has 1 unspecified atom stereocenters. The molecule has 0 radical (unpaired) electrons. The summed E-state index contributed by atoms with van der Waals surface area (Å²) in [7, 11) is 1.65. The van der Waals surface area contributed by atoms with E-state index in [2.05, 4.69) is 39.1 Å². The number of rotatable bonds is 8. The Labute approximate surface area is 225 Å². The molecule has 2 heterocycles. The molecule has 0 aliphatic carbocycles. The average molecular weight is 519 g/mol. The minimum atomic E-state index is -0.164. The number of carbonyl (C=O) groups excluding carboxylic acids is 2. The van der Waals surface area contributed by atoms with Crippen LogP contribution in [0.1, 0.15) is 78.5 Å². The van der Waals surface area contributed by atoms with Crippen LogP contribution in [0.25, 0.3) is 0 Å². The van der Waals surface area contributed by atoms with Crippen molar-refractivity contribution in [1.29, 1.82) is 0 Å². The molecule has 1 aliphatic heterocycles. The minimum absolute atomic E-state index is 0.0185. The molecule has 3 aromatic rings. The minimum Gasteiger partial charge on any atom is -0.497 e. The molecule has 1 atom stereocenters. The zero-order valence-electron chi connectivity index (χ0n) is 22.6. The standard InChI is InChI=1S/C31H38N2O3S/c1-6-7-18-32(30(35)23-8-12-24(13-9-23)31(2,3)4)21-28(34)33-19-16-27-26(17-20-37-27)29(33)22-10-14-25(36-5)15-11-22/h8-15,17,20,29H,6-7,16,18-19,21H2,1-5H3. The quantitative estimate of drug-likeness (QED) is 0.343. The van der Waals surface area contributed by atoms with E-state index in [9.17, 15) is 9.59 Å². The molecule has 1 aromatic heterocycles. The SMILES string of the molecule is CCCCN(CC(=O)N1CCc2sccc2C1c1ccc(OC)cc1)C(=O)c1ccc(C(C)(C)C)cc1. The summed E-state index contributed by atoms with van der Waals surface area (Å²) in [4.78, 5) is 32.4. The van der Waals surface area contributed by atoms with Gasteiger partial charge in [0, 0.05) is 23.5 Å². The van der Waals surface area contributed by atoms with Crippen LogP contribution in [0.3, 0.4) is 0 Å². The fourth-order valence-corrected chi connectivity index (χ4v) is 5.79. The van der Waals surface area contributed by atoms with E-state index in [4.69, 9.17) is 4.74 Å². The van der Waals surface area contributed by atoms with E-state index in [1.807, 2.05) is 53.4 Å². The Morgan fingerprint density at radius 2 is 1.76 bits per heavy atom. The van der Waals surface area contributed by atoms with Gasteiger partial charge in [0.1, 0.15) is 12.3 Å². The molecule has 0 saturated carbocycles. The topological polar surface area (TPSA) is 49.9 Å². The zero-order chi connectivity index (χ0) is 26.6. The van der Waals surface area contributed by atoms with Gasteiger partial charge >= 0.3 is 0 Å². The third-order valence-corrected chi connectivity index (χ3v) is 8.11. The Morgan fingerprint density at radius 3 is 2.38 bits per heavy atom. The van der Waals surface area contributed by atoms with Crippen molar-refractivity contribution in [2.24, 2.45) is 0 Å². The Balaban J connectivity index is 1.58. The lowest BCUT2D eigenvalue weighted by Crippen LogP contribution is -2.47. The molecule has 0 fully saturated rings. The molecule has 0 spiro atoms. The van der Waals surface area contributed by atoms with Gasteiger partial charge in [-0.15, -0.1) is 11.3 Å². The van der Waals surface area contributed by atoms with Crippen LogP contribution in [0.2, 0.25) is 0 Å². The van der Waals surface area contributed by atoms with Crippen molar-refractivity contribution in [2.75, 3.05) is 26.7 Å². The first-order valence-corrected chi connectivity index (χ1v) is 14.0. The number of hydrogen-bond donors (Lipinski definition) is 0. The zero-order valence-corrected chi connectivity index (χ0v) is 23.4. The predicted octanol–water partition coefficient (Wildman–Crippen LogP) is 6.47. The number of unbranched alkanes of at least 4 members (excludes halogenated alkanes) is 1. The van der Waals surface area contributed by atoms with Gasteiger partial charge in [-0.2, -0.15) is 0 Å². The molecule has 2 aromatic carbocycles. The number of benzene rings is 2. The van der Waals surface area contributed by atoms with E-state index in [0.717, 1.165) is 30.6 Å². The second-order valence-electron chi connectivity index (χ2n) is 10.7. The van der Waals surface area contributed by atoms with E-state index in [1.165, 1.54) is 16.0 Å². The molecule has 0 bridgehead atoms. The summed E-state index contributed by atoms with van der Waals surface area (Å²) in [5, 5.41) is 2.10. The van der Waals surface area contributed by atoms with Gasteiger partial charge in [0.25, 0.3) is 5.91 Å². The van der Waals surface area contributed by atoms with E-state index in [1.54, 1.807) is 23.3 Å². The predicted molar refractivity (Wildman–Crippen MR) is 151 cm³/mol. The summed E-state index contributed by atoms with van der Waals surface area (Å²) >= 11 is 1.75. The van der Waals surface area contributed by atoms with Gasteiger partial charge in [-0.3, -0.25) is 9.59 Å². The lowest BCUT2D eigenvalue weighted by atomic mass is 9.86.